The molecule has 4 heterocycles. The quantitative estimate of drug-likeness (QED) is 0.0252. The van der Waals surface area contributed by atoms with Crippen LogP contribution >= 0.6 is 23.2 Å². The van der Waals surface area contributed by atoms with Crippen LogP contribution in [0.15, 0.2) is 68.9 Å². The lowest BCUT2D eigenvalue weighted by Crippen LogP contribution is -2.28. The van der Waals surface area contributed by atoms with E-state index in [-0.39, 0.29) is 12.1 Å². The van der Waals surface area contributed by atoms with Gasteiger partial charge in [-0.3, -0.25) is 19.5 Å². The Labute approximate surface area is 388 Å². The second-order valence-corrected chi connectivity index (χ2v) is 18.3. The van der Waals surface area contributed by atoms with Crippen LogP contribution in [-0.2, 0) is 40.8 Å². The Hall–Kier alpha value is -4.72. The number of aldehydes is 1. The molecule has 342 valence electrons. The van der Waals surface area contributed by atoms with E-state index in [1.54, 1.807) is 13.4 Å². The van der Waals surface area contributed by atoms with E-state index in [9.17, 15) is 4.79 Å². The van der Waals surface area contributed by atoms with Crippen LogP contribution < -0.4 is 4.90 Å². The number of fused-ring (bicyclic) bond motifs is 2. The minimum absolute atomic E-state index is 0.0248. The van der Waals surface area contributed by atoms with Gasteiger partial charge in [0.2, 0.25) is 0 Å². The van der Waals surface area contributed by atoms with Crippen LogP contribution in [0.25, 0.3) is 32.9 Å². The molecule has 64 heavy (non-hydrogen) atoms. The van der Waals surface area contributed by atoms with E-state index < -0.39 is 0 Å². The van der Waals surface area contributed by atoms with E-state index in [4.69, 9.17) is 47.5 Å². The zero-order valence-corrected chi connectivity index (χ0v) is 40.3. The average molecular weight is 912 g/mol. The monoisotopic (exact) mass is 910 g/mol. The van der Waals surface area contributed by atoms with Gasteiger partial charge in [-0.05, 0) is 108 Å². The number of carbonyl (C=O) groups is 1. The fourth-order valence-corrected chi connectivity index (χ4v) is 10.1. The normalized spacial score (nSPS) is 16.7. The van der Waals surface area contributed by atoms with Gasteiger partial charge < -0.3 is 28.2 Å². The lowest BCUT2D eigenvalue weighted by Gasteiger charge is -2.26. The topological polar surface area (TPSA) is 104 Å². The van der Waals surface area contributed by atoms with Crippen molar-refractivity contribution in [3.63, 3.8) is 0 Å². The minimum Gasteiger partial charge on any atom is -0.383 e. The summed E-state index contributed by atoms with van der Waals surface area (Å²) in [5, 5.41) is 14.4. The fourth-order valence-electron chi connectivity index (χ4n) is 9.67. The molecule has 2 aliphatic rings. The van der Waals surface area contributed by atoms with Crippen LogP contribution in [0.3, 0.4) is 0 Å². The predicted octanol–water partition coefficient (Wildman–Crippen LogP) is 10.5. The summed E-state index contributed by atoms with van der Waals surface area (Å²) in [6.45, 7) is 19.4. The fraction of sp³-hybridized carbons (Fsp3) is 0.480. The predicted molar refractivity (Wildman–Crippen MR) is 263 cm³/mol. The number of aryl methyl sites for hydroxylation is 3. The van der Waals surface area contributed by atoms with Crippen LogP contribution in [0.1, 0.15) is 85.5 Å². The first-order valence-electron chi connectivity index (χ1n) is 22.4. The number of hydrazone groups is 1. The number of hydrogen-bond acceptors (Lipinski definition) is 8. The van der Waals surface area contributed by atoms with Crippen LogP contribution in [-0.4, -0.2) is 103 Å². The van der Waals surface area contributed by atoms with E-state index in [2.05, 4.69) is 90.2 Å². The number of halogens is 2. The molecule has 3 aromatic heterocycles. The Balaban J connectivity index is 1.21. The van der Waals surface area contributed by atoms with E-state index in [1.807, 2.05) is 36.7 Å². The van der Waals surface area contributed by atoms with Crippen LogP contribution in [0.4, 0.5) is 5.69 Å². The van der Waals surface area contributed by atoms with Gasteiger partial charge in [0.25, 0.3) is 0 Å². The smallest absolute Gasteiger partial charge is 0.166 e. The van der Waals surface area contributed by atoms with Crippen molar-refractivity contribution in [2.75, 3.05) is 58.6 Å². The molecule has 7 rings (SSSR count). The van der Waals surface area contributed by atoms with Crippen LogP contribution in [0.5, 0.6) is 0 Å². The molecule has 0 bridgehead atoms. The third kappa shape index (κ3) is 10.1. The standard InChI is InChI=1S/C50H64Cl2N8O4/c1-32-23-39(24-33(2)49(32)52)64-19-10-11-40-41-13-14-43(51)48(47-35(4)55-57(8)36(47)5)50(41)60(46(40)30-61)34(3)27-56(7)45-29-58(18-22-62-9)44-15-12-38(25-42(44)45)26-54-31-59(53-6)28-37-16-20-63-21-17-37/h12-15,23,25,29-31,34,37,39H,6,10-11,16-22,24,26-28H2,1-5,7-9H3/t34-,39?/m1/s1. The molecule has 0 saturated carbocycles. The highest BCUT2D eigenvalue weighted by Crippen LogP contribution is 2.43. The minimum atomic E-state index is -0.152. The summed E-state index contributed by atoms with van der Waals surface area (Å²) in [5.41, 5.74) is 11.8. The molecule has 1 aliphatic heterocycles. The molecule has 0 amide bonds. The molecule has 12 nitrogen and oxygen atoms in total. The molecule has 1 saturated heterocycles. The van der Waals surface area contributed by atoms with Crippen LogP contribution in [0.2, 0.25) is 5.02 Å². The molecule has 1 unspecified atom stereocenters. The lowest BCUT2D eigenvalue weighted by atomic mass is 9.98. The molecule has 5 aromatic rings. The van der Waals surface area contributed by atoms with Gasteiger partial charge in [0, 0.05) is 112 Å². The lowest BCUT2D eigenvalue weighted by molar-refractivity contribution is 0.0602. The molecule has 2 aromatic carbocycles. The summed E-state index contributed by atoms with van der Waals surface area (Å²) >= 11 is 13.7. The molecule has 1 fully saturated rings. The van der Waals surface area contributed by atoms with Gasteiger partial charge in [0.05, 0.1) is 52.4 Å². The number of methoxy groups -OCH3 is 1. The maximum Gasteiger partial charge on any atom is 0.166 e. The number of ether oxygens (including phenoxy) is 3. The Morgan fingerprint density at radius 1 is 1.08 bits per heavy atom. The highest BCUT2D eigenvalue weighted by Gasteiger charge is 2.28. The number of hydrogen-bond donors (Lipinski definition) is 0. The van der Waals surface area contributed by atoms with Gasteiger partial charge in [-0.2, -0.15) is 10.2 Å². The zero-order valence-electron chi connectivity index (χ0n) is 38.8. The van der Waals surface area contributed by atoms with E-state index in [0.29, 0.717) is 55.9 Å². The number of aliphatic imine (C=N–C) groups is 1. The molecular weight excluding hydrogens is 848 g/mol. The third-order valence-electron chi connectivity index (χ3n) is 13.0. The van der Waals surface area contributed by atoms with Crippen molar-refractivity contribution in [1.29, 1.82) is 0 Å². The number of nitrogens with zero attached hydrogens (tertiary/aromatic N) is 8. The van der Waals surface area contributed by atoms with Gasteiger partial charge in [-0.25, -0.2) is 0 Å². The Morgan fingerprint density at radius 3 is 2.55 bits per heavy atom. The second-order valence-electron chi connectivity index (χ2n) is 17.6. The number of rotatable bonds is 20. The zero-order chi connectivity index (χ0) is 45.7. The second kappa shape index (κ2) is 21.1. The van der Waals surface area contributed by atoms with Crippen molar-refractivity contribution >= 4 is 70.0 Å². The molecule has 2 atom stereocenters. The summed E-state index contributed by atoms with van der Waals surface area (Å²) < 4.78 is 23.8. The van der Waals surface area contributed by atoms with Gasteiger partial charge in [0.15, 0.2) is 6.29 Å². The number of aromatic nitrogens is 4. The highest BCUT2D eigenvalue weighted by atomic mass is 35.5. The number of allylic oxidation sites excluding steroid dienone is 2. The molecule has 14 heteroatoms. The molecular formula is C50H64Cl2N8O4. The summed E-state index contributed by atoms with van der Waals surface area (Å²) in [6, 6.07) is 10.4. The summed E-state index contributed by atoms with van der Waals surface area (Å²) in [5.74, 6) is 0.511. The van der Waals surface area contributed by atoms with Gasteiger partial charge >= 0.3 is 0 Å². The number of anilines is 1. The Morgan fingerprint density at radius 2 is 1.86 bits per heavy atom. The van der Waals surface area contributed by atoms with Crippen LogP contribution in [0, 0.1) is 19.8 Å². The first-order valence-corrected chi connectivity index (χ1v) is 23.2. The Kier molecular flexibility index (Phi) is 15.5. The Bertz CT molecular complexity index is 2580. The van der Waals surface area contributed by atoms with Crippen molar-refractivity contribution in [3.8, 4) is 11.1 Å². The van der Waals surface area contributed by atoms with Gasteiger partial charge in [0.1, 0.15) is 6.34 Å². The van der Waals surface area contributed by atoms with E-state index in [0.717, 1.165) is 129 Å². The maximum absolute atomic E-state index is 13.5. The molecule has 0 spiro atoms. The number of carbonyl (C=O) groups excluding carboxylic acids is 1. The summed E-state index contributed by atoms with van der Waals surface area (Å²) in [7, 11) is 5.81. The van der Waals surface area contributed by atoms with Crippen molar-refractivity contribution in [2.45, 2.75) is 92.0 Å². The van der Waals surface area contributed by atoms with Crippen molar-refractivity contribution < 1.29 is 19.0 Å². The van der Waals surface area contributed by atoms with Gasteiger partial charge in [-0.15, -0.1) is 0 Å². The molecule has 0 radical (unpaired) electrons. The van der Waals surface area contributed by atoms with E-state index >= 15 is 0 Å². The summed E-state index contributed by atoms with van der Waals surface area (Å²) in [6.07, 6.45) is 11.3. The summed E-state index contributed by atoms with van der Waals surface area (Å²) in [4.78, 5) is 20.6. The molecule has 0 N–H and O–H groups in total. The number of benzene rings is 2. The van der Waals surface area contributed by atoms with E-state index in [1.165, 1.54) is 0 Å². The van der Waals surface area contributed by atoms with Crippen molar-refractivity contribution in [3.05, 3.63) is 92.0 Å². The van der Waals surface area contributed by atoms with Gasteiger partial charge in [-0.1, -0.05) is 47.0 Å². The largest absolute Gasteiger partial charge is 0.383 e. The van der Waals surface area contributed by atoms with Crippen molar-refractivity contribution in [2.24, 2.45) is 23.1 Å². The first-order chi connectivity index (χ1) is 30.8. The highest BCUT2D eigenvalue weighted by molar-refractivity contribution is 6.35. The average Bonchev–Trinajstić information content (AvgIpc) is 3.90. The SMILES string of the molecule is C=NN(C=NCc1ccc2c(c1)c(N(C)C[C@@H](C)n1c(C=O)c(CCCOC3C=C(C)C(Cl)=C(C)C3)c3ccc(Cl)c(-c4c(C)nn(C)c4C)c31)cn2CCOC)CC1CCOCC1. The van der Waals surface area contributed by atoms with Crippen molar-refractivity contribution in [1.82, 2.24) is 23.9 Å². The maximum atomic E-state index is 13.5. The first kappa shape index (κ1) is 47.2. The third-order valence-corrected chi connectivity index (χ3v) is 13.9. The molecule has 1 aliphatic carbocycles. The number of likely N-dealkylation sites (N-methyl/N-ethyl adjacent to an activating group) is 1.